The Kier molecular flexibility index (Phi) is 6.29. The highest BCUT2D eigenvalue weighted by Gasteiger charge is 2.13. The average Bonchev–Trinajstić information content (AvgIpc) is 2.74. The number of amides is 1. The van der Waals surface area contributed by atoms with Crippen LogP contribution < -0.4 is 20.1 Å². The summed E-state index contributed by atoms with van der Waals surface area (Å²) in [5.74, 6) is 1.67. The third kappa shape index (κ3) is 4.82. The Balaban J connectivity index is 1.75. The molecule has 7 nitrogen and oxygen atoms in total. The summed E-state index contributed by atoms with van der Waals surface area (Å²) in [5, 5.41) is 14.2. The molecule has 0 aliphatic heterocycles. The first-order valence-corrected chi connectivity index (χ1v) is 9.25. The highest BCUT2D eigenvalue weighted by Crippen LogP contribution is 2.29. The van der Waals surface area contributed by atoms with Gasteiger partial charge in [-0.1, -0.05) is 32.0 Å². The molecule has 0 fully saturated rings. The Labute approximate surface area is 170 Å². The van der Waals surface area contributed by atoms with E-state index < -0.39 is 5.91 Å². The molecule has 0 radical (unpaired) electrons. The maximum atomic E-state index is 12.6. The molecule has 1 amide bonds. The standard InChI is InChI=1S/C22H24N4O3/c1-14(2)16-7-5-6-8-17(16)23-21-12-10-18(25-26-21)22(27)24-19-13-15(28-3)9-11-20(19)29-4/h5-14H,1-4H3,(H,23,26)(H,24,27). The lowest BCUT2D eigenvalue weighted by atomic mass is 10.0. The van der Waals surface area contributed by atoms with Crippen molar-refractivity contribution in [2.75, 3.05) is 24.9 Å². The minimum Gasteiger partial charge on any atom is -0.497 e. The van der Waals surface area contributed by atoms with Crippen LogP contribution in [-0.4, -0.2) is 30.3 Å². The second kappa shape index (κ2) is 9.05. The zero-order chi connectivity index (χ0) is 20.8. The molecule has 2 aromatic carbocycles. The normalized spacial score (nSPS) is 10.5. The minimum atomic E-state index is -0.391. The van der Waals surface area contributed by atoms with Crippen LogP contribution in [0.5, 0.6) is 11.5 Å². The second-order valence-electron chi connectivity index (χ2n) is 6.69. The molecule has 0 aliphatic rings. The molecule has 29 heavy (non-hydrogen) atoms. The van der Waals surface area contributed by atoms with Gasteiger partial charge in [0.05, 0.1) is 19.9 Å². The third-order valence-electron chi connectivity index (χ3n) is 4.40. The summed E-state index contributed by atoms with van der Waals surface area (Å²) < 4.78 is 10.5. The summed E-state index contributed by atoms with van der Waals surface area (Å²) in [6.07, 6.45) is 0. The van der Waals surface area contributed by atoms with Gasteiger partial charge in [-0.15, -0.1) is 10.2 Å². The van der Waals surface area contributed by atoms with E-state index in [9.17, 15) is 4.79 Å². The van der Waals surface area contributed by atoms with E-state index in [1.165, 1.54) is 12.7 Å². The zero-order valence-electron chi connectivity index (χ0n) is 16.9. The second-order valence-corrected chi connectivity index (χ2v) is 6.69. The Morgan fingerprint density at radius 1 is 0.931 bits per heavy atom. The first kappa shape index (κ1) is 20.1. The predicted molar refractivity (Wildman–Crippen MR) is 113 cm³/mol. The van der Waals surface area contributed by atoms with Crippen LogP contribution in [0.4, 0.5) is 17.2 Å². The summed E-state index contributed by atoms with van der Waals surface area (Å²) in [6.45, 7) is 4.26. The number of carbonyl (C=O) groups excluding carboxylic acids is 1. The van der Waals surface area contributed by atoms with Crippen LogP contribution in [-0.2, 0) is 0 Å². The number of methoxy groups -OCH3 is 2. The van der Waals surface area contributed by atoms with E-state index in [1.54, 1.807) is 37.4 Å². The van der Waals surface area contributed by atoms with Crippen LogP contribution in [0.25, 0.3) is 0 Å². The van der Waals surface area contributed by atoms with Gasteiger partial charge in [0.25, 0.3) is 5.91 Å². The topological polar surface area (TPSA) is 85.4 Å². The van der Waals surface area contributed by atoms with Crippen molar-refractivity contribution < 1.29 is 14.3 Å². The lowest BCUT2D eigenvalue weighted by Crippen LogP contribution is -2.15. The number of hydrogen-bond acceptors (Lipinski definition) is 6. The van der Waals surface area contributed by atoms with Gasteiger partial charge < -0.3 is 20.1 Å². The van der Waals surface area contributed by atoms with Gasteiger partial charge in [0.1, 0.15) is 11.5 Å². The number of hydrogen-bond donors (Lipinski definition) is 2. The van der Waals surface area contributed by atoms with Gasteiger partial charge in [0, 0.05) is 11.8 Å². The molecule has 150 valence electrons. The number of rotatable bonds is 7. The molecule has 0 unspecified atom stereocenters. The molecule has 0 saturated heterocycles. The summed E-state index contributed by atoms with van der Waals surface area (Å²) in [6, 6.07) is 16.5. The largest absolute Gasteiger partial charge is 0.497 e. The molecule has 1 heterocycles. The first-order chi connectivity index (χ1) is 14.0. The fourth-order valence-electron chi connectivity index (χ4n) is 2.87. The van der Waals surface area contributed by atoms with Crippen molar-refractivity contribution >= 4 is 23.1 Å². The summed E-state index contributed by atoms with van der Waals surface area (Å²) in [7, 11) is 3.09. The van der Waals surface area contributed by atoms with Gasteiger partial charge in [-0.3, -0.25) is 4.79 Å². The van der Waals surface area contributed by atoms with Crippen LogP contribution in [0.3, 0.4) is 0 Å². The molecule has 7 heteroatoms. The van der Waals surface area contributed by atoms with Gasteiger partial charge >= 0.3 is 0 Å². The summed E-state index contributed by atoms with van der Waals surface area (Å²) >= 11 is 0. The van der Waals surface area contributed by atoms with Crippen LogP contribution in [0, 0.1) is 0 Å². The van der Waals surface area contributed by atoms with Crippen molar-refractivity contribution in [1.82, 2.24) is 10.2 Å². The molecular formula is C22H24N4O3. The van der Waals surface area contributed by atoms with Crippen LogP contribution in [0.1, 0.15) is 35.8 Å². The summed E-state index contributed by atoms with van der Waals surface area (Å²) in [4.78, 5) is 12.6. The number of benzene rings is 2. The lowest BCUT2D eigenvalue weighted by molar-refractivity contribution is 0.102. The molecule has 0 saturated carbocycles. The van der Waals surface area contributed by atoms with Crippen molar-refractivity contribution in [3.63, 3.8) is 0 Å². The maximum absolute atomic E-state index is 12.6. The number of ether oxygens (including phenoxy) is 2. The monoisotopic (exact) mass is 392 g/mol. The third-order valence-corrected chi connectivity index (χ3v) is 4.40. The van der Waals surface area contributed by atoms with Crippen LogP contribution in [0.15, 0.2) is 54.6 Å². The average molecular weight is 392 g/mol. The Hall–Kier alpha value is -3.61. The smallest absolute Gasteiger partial charge is 0.276 e. The predicted octanol–water partition coefficient (Wildman–Crippen LogP) is 4.61. The zero-order valence-corrected chi connectivity index (χ0v) is 16.9. The van der Waals surface area contributed by atoms with Crippen molar-refractivity contribution in [3.8, 4) is 11.5 Å². The number of anilines is 3. The lowest BCUT2D eigenvalue weighted by Gasteiger charge is -2.14. The minimum absolute atomic E-state index is 0.192. The van der Waals surface area contributed by atoms with Crippen molar-refractivity contribution in [3.05, 3.63) is 65.9 Å². The molecule has 0 atom stereocenters. The van der Waals surface area contributed by atoms with Crippen molar-refractivity contribution in [2.24, 2.45) is 0 Å². The van der Waals surface area contributed by atoms with Gasteiger partial charge in [-0.05, 0) is 41.8 Å². The quantitative estimate of drug-likeness (QED) is 0.611. The Morgan fingerprint density at radius 3 is 2.38 bits per heavy atom. The van der Waals surface area contributed by atoms with Gasteiger partial charge in [-0.2, -0.15) is 0 Å². The fraction of sp³-hybridized carbons (Fsp3) is 0.227. The van der Waals surface area contributed by atoms with Gasteiger partial charge in [0.2, 0.25) is 0 Å². The molecule has 3 aromatic rings. The number of aromatic nitrogens is 2. The number of nitrogens with zero attached hydrogens (tertiary/aromatic N) is 2. The van der Waals surface area contributed by atoms with E-state index >= 15 is 0 Å². The molecule has 0 spiro atoms. The van der Waals surface area contributed by atoms with Gasteiger partial charge in [-0.25, -0.2) is 0 Å². The first-order valence-electron chi connectivity index (χ1n) is 9.25. The van der Waals surface area contributed by atoms with E-state index in [2.05, 4.69) is 40.7 Å². The molecule has 3 rings (SSSR count). The van der Waals surface area contributed by atoms with Crippen molar-refractivity contribution in [2.45, 2.75) is 19.8 Å². The number of nitrogens with one attached hydrogen (secondary N) is 2. The number of carbonyl (C=O) groups is 1. The van der Waals surface area contributed by atoms with E-state index in [1.807, 2.05) is 18.2 Å². The van der Waals surface area contributed by atoms with Crippen molar-refractivity contribution in [1.29, 1.82) is 0 Å². The van der Waals surface area contributed by atoms with E-state index in [0.717, 1.165) is 5.69 Å². The van der Waals surface area contributed by atoms with Crippen LogP contribution >= 0.6 is 0 Å². The molecule has 0 bridgehead atoms. The molecule has 1 aromatic heterocycles. The highest BCUT2D eigenvalue weighted by atomic mass is 16.5. The summed E-state index contributed by atoms with van der Waals surface area (Å²) in [5.41, 5.74) is 2.83. The van der Waals surface area contributed by atoms with Gasteiger partial charge in [0.15, 0.2) is 11.5 Å². The van der Waals surface area contributed by atoms with Crippen LogP contribution in [0.2, 0.25) is 0 Å². The number of para-hydroxylation sites is 1. The Morgan fingerprint density at radius 2 is 1.72 bits per heavy atom. The van der Waals surface area contributed by atoms with E-state index in [-0.39, 0.29) is 5.69 Å². The van der Waals surface area contributed by atoms with E-state index in [4.69, 9.17) is 9.47 Å². The Bertz CT molecular complexity index is 988. The maximum Gasteiger partial charge on any atom is 0.276 e. The SMILES string of the molecule is COc1ccc(OC)c(NC(=O)c2ccc(Nc3ccccc3C(C)C)nn2)c1. The fourth-order valence-corrected chi connectivity index (χ4v) is 2.87. The molecule has 2 N–H and O–H groups in total. The highest BCUT2D eigenvalue weighted by molar-refractivity contribution is 6.03. The molecule has 0 aliphatic carbocycles. The van der Waals surface area contributed by atoms with E-state index in [0.29, 0.717) is 28.9 Å². The molecular weight excluding hydrogens is 368 g/mol.